The standard InChI is InChI=1S/C14H20/c1-11-7-8-14(9-12(11)2)10-13-5-3-4-6-13/h7-9,13H,3-6,10H2,1-2H3. The second-order valence-corrected chi connectivity index (χ2v) is 4.77. The second kappa shape index (κ2) is 4.16. The van der Waals surface area contributed by atoms with Crippen molar-refractivity contribution in [3.63, 3.8) is 0 Å². The lowest BCUT2D eigenvalue weighted by Crippen LogP contribution is -1.99. The van der Waals surface area contributed by atoms with Gasteiger partial charge in [-0.2, -0.15) is 0 Å². The quantitative estimate of drug-likeness (QED) is 0.657. The first kappa shape index (κ1) is 9.76. The van der Waals surface area contributed by atoms with Crippen LogP contribution in [0.4, 0.5) is 0 Å². The molecule has 0 saturated heterocycles. The summed E-state index contributed by atoms with van der Waals surface area (Å²) in [5.41, 5.74) is 4.40. The molecule has 1 fully saturated rings. The van der Waals surface area contributed by atoms with Crippen molar-refractivity contribution in [2.45, 2.75) is 46.0 Å². The summed E-state index contributed by atoms with van der Waals surface area (Å²) in [4.78, 5) is 0. The van der Waals surface area contributed by atoms with Crippen molar-refractivity contribution >= 4 is 0 Å². The maximum absolute atomic E-state index is 2.37. The second-order valence-electron chi connectivity index (χ2n) is 4.77. The highest BCUT2D eigenvalue weighted by molar-refractivity contribution is 5.30. The molecule has 0 N–H and O–H groups in total. The zero-order chi connectivity index (χ0) is 9.97. The van der Waals surface area contributed by atoms with Crippen LogP contribution in [0.25, 0.3) is 0 Å². The lowest BCUT2D eigenvalue weighted by Gasteiger charge is -2.10. The first-order chi connectivity index (χ1) is 6.75. The molecule has 2 rings (SSSR count). The fraction of sp³-hybridized carbons (Fsp3) is 0.571. The molecule has 0 aromatic heterocycles. The summed E-state index contributed by atoms with van der Waals surface area (Å²) < 4.78 is 0. The van der Waals surface area contributed by atoms with Crippen LogP contribution in [0.5, 0.6) is 0 Å². The Hall–Kier alpha value is -0.780. The van der Waals surface area contributed by atoms with Crippen LogP contribution in [0.3, 0.4) is 0 Å². The Kier molecular flexibility index (Phi) is 2.90. The third-order valence-corrected chi connectivity index (χ3v) is 3.57. The maximum Gasteiger partial charge on any atom is -0.0250 e. The van der Waals surface area contributed by atoms with Crippen LogP contribution in [-0.2, 0) is 6.42 Å². The Labute approximate surface area is 87.3 Å². The Morgan fingerprint density at radius 2 is 1.79 bits per heavy atom. The predicted octanol–water partition coefficient (Wildman–Crippen LogP) is 4.04. The van der Waals surface area contributed by atoms with E-state index < -0.39 is 0 Å². The zero-order valence-electron chi connectivity index (χ0n) is 9.34. The third kappa shape index (κ3) is 2.17. The van der Waals surface area contributed by atoms with E-state index in [1.54, 1.807) is 5.56 Å². The fourth-order valence-electron chi connectivity index (χ4n) is 2.48. The van der Waals surface area contributed by atoms with Gasteiger partial charge in [0.25, 0.3) is 0 Å². The molecule has 0 heteroatoms. The van der Waals surface area contributed by atoms with Crippen LogP contribution in [0, 0.1) is 19.8 Å². The Balaban J connectivity index is 2.05. The van der Waals surface area contributed by atoms with Gasteiger partial charge >= 0.3 is 0 Å². The highest BCUT2D eigenvalue weighted by Gasteiger charge is 2.15. The minimum Gasteiger partial charge on any atom is -0.0588 e. The van der Waals surface area contributed by atoms with Crippen molar-refractivity contribution in [1.82, 2.24) is 0 Å². The first-order valence-corrected chi connectivity index (χ1v) is 5.82. The predicted molar refractivity (Wildman–Crippen MR) is 61.6 cm³/mol. The first-order valence-electron chi connectivity index (χ1n) is 5.82. The number of benzene rings is 1. The third-order valence-electron chi connectivity index (χ3n) is 3.57. The van der Waals surface area contributed by atoms with Gasteiger partial charge in [0, 0.05) is 0 Å². The molecule has 14 heavy (non-hydrogen) atoms. The van der Waals surface area contributed by atoms with E-state index in [4.69, 9.17) is 0 Å². The van der Waals surface area contributed by atoms with Crippen molar-refractivity contribution in [3.05, 3.63) is 34.9 Å². The topological polar surface area (TPSA) is 0 Å². The molecule has 1 aromatic rings. The summed E-state index contributed by atoms with van der Waals surface area (Å²) in [5.74, 6) is 0.970. The van der Waals surface area contributed by atoms with E-state index in [-0.39, 0.29) is 0 Å². The zero-order valence-corrected chi connectivity index (χ0v) is 9.34. The van der Waals surface area contributed by atoms with E-state index in [1.807, 2.05) is 0 Å². The molecule has 0 nitrogen and oxygen atoms in total. The minimum absolute atomic E-state index is 0.970. The molecule has 0 heterocycles. The van der Waals surface area contributed by atoms with Crippen molar-refractivity contribution in [2.75, 3.05) is 0 Å². The van der Waals surface area contributed by atoms with Crippen molar-refractivity contribution in [3.8, 4) is 0 Å². The summed E-state index contributed by atoms with van der Waals surface area (Å²) in [6.07, 6.45) is 7.12. The maximum atomic E-state index is 2.37. The van der Waals surface area contributed by atoms with Gasteiger partial charge in [-0.05, 0) is 42.9 Å². The van der Waals surface area contributed by atoms with Gasteiger partial charge in [0.05, 0.1) is 0 Å². The van der Waals surface area contributed by atoms with E-state index >= 15 is 0 Å². The monoisotopic (exact) mass is 188 g/mol. The van der Waals surface area contributed by atoms with E-state index in [9.17, 15) is 0 Å². The molecule has 0 unspecified atom stereocenters. The van der Waals surface area contributed by atoms with Gasteiger partial charge in [-0.3, -0.25) is 0 Å². The van der Waals surface area contributed by atoms with Gasteiger partial charge in [0.2, 0.25) is 0 Å². The minimum atomic E-state index is 0.970. The SMILES string of the molecule is Cc1ccc(CC2CCCC2)cc1C. The van der Waals surface area contributed by atoms with Gasteiger partial charge in [-0.1, -0.05) is 43.9 Å². The largest absolute Gasteiger partial charge is 0.0588 e. The number of hydrogen-bond donors (Lipinski definition) is 0. The highest BCUT2D eigenvalue weighted by atomic mass is 14.2. The Bertz CT molecular complexity index is 306. The van der Waals surface area contributed by atoms with Crippen molar-refractivity contribution < 1.29 is 0 Å². The lowest BCUT2D eigenvalue weighted by atomic mass is 9.96. The molecule has 1 aliphatic carbocycles. The van der Waals surface area contributed by atoms with Gasteiger partial charge < -0.3 is 0 Å². The van der Waals surface area contributed by atoms with E-state index in [0.29, 0.717) is 0 Å². The molecule has 0 bridgehead atoms. The van der Waals surface area contributed by atoms with Crippen LogP contribution < -0.4 is 0 Å². The van der Waals surface area contributed by atoms with Crippen LogP contribution in [-0.4, -0.2) is 0 Å². The molecule has 1 aromatic carbocycles. The average Bonchev–Trinajstić information content (AvgIpc) is 2.64. The van der Waals surface area contributed by atoms with E-state index in [1.165, 1.54) is 43.2 Å². The molecule has 0 amide bonds. The summed E-state index contributed by atoms with van der Waals surface area (Å²) in [7, 11) is 0. The number of aryl methyl sites for hydroxylation is 2. The molecular formula is C14H20. The Morgan fingerprint density at radius 3 is 2.43 bits per heavy atom. The molecule has 0 atom stereocenters. The number of rotatable bonds is 2. The summed E-state index contributed by atoms with van der Waals surface area (Å²) >= 11 is 0. The van der Waals surface area contributed by atoms with E-state index in [0.717, 1.165) is 5.92 Å². The lowest BCUT2D eigenvalue weighted by molar-refractivity contribution is 0.546. The summed E-state index contributed by atoms with van der Waals surface area (Å²) in [5, 5.41) is 0. The molecule has 1 aliphatic rings. The number of hydrogen-bond acceptors (Lipinski definition) is 0. The van der Waals surface area contributed by atoms with E-state index in [2.05, 4.69) is 32.0 Å². The van der Waals surface area contributed by atoms with Crippen LogP contribution >= 0.6 is 0 Å². The fourth-order valence-corrected chi connectivity index (χ4v) is 2.48. The van der Waals surface area contributed by atoms with Crippen molar-refractivity contribution in [2.24, 2.45) is 5.92 Å². The summed E-state index contributed by atoms with van der Waals surface area (Å²) in [6.45, 7) is 4.40. The highest BCUT2D eigenvalue weighted by Crippen LogP contribution is 2.28. The molecule has 1 saturated carbocycles. The van der Waals surface area contributed by atoms with Gasteiger partial charge in [0.1, 0.15) is 0 Å². The molecule has 0 aliphatic heterocycles. The van der Waals surface area contributed by atoms with Crippen molar-refractivity contribution in [1.29, 1.82) is 0 Å². The van der Waals surface area contributed by atoms with Crippen LogP contribution in [0.15, 0.2) is 18.2 Å². The average molecular weight is 188 g/mol. The summed E-state index contributed by atoms with van der Waals surface area (Å²) in [6, 6.07) is 6.94. The molecule has 76 valence electrons. The van der Waals surface area contributed by atoms with Gasteiger partial charge in [-0.25, -0.2) is 0 Å². The Morgan fingerprint density at radius 1 is 1.07 bits per heavy atom. The molecular weight excluding hydrogens is 168 g/mol. The van der Waals surface area contributed by atoms with Crippen LogP contribution in [0.1, 0.15) is 42.4 Å². The molecule has 0 radical (unpaired) electrons. The molecule has 0 spiro atoms. The normalized spacial score (nSPS) is 17.6. The smallest absolute Gasteiger partial charge is 0.0250 e. The van der Waals surface area contributed by atoms with Gasteiger partial charge in [-0.15, -0.1) is 0 Å². The van der Waals surface area contributed by atoms with Crippen LogP contribution in [0.2, 0.25) is 0 Å². The van der Waals surface area contributed by atoms with Gasteiger partial charge in [0.15, 0.2) is 0 Å².